The molecule has 2 aromatic rings. The van der Waals surface area contributed by atoms with E-state index >= 15 is 0 Å². The van der Waals surface area contributed by atoms with Crippen LogP contribution in [0.15, 0.2) is 12.1 Å². The van der Waals surface area contributed by atoms with Crippen LogP contribution in [0, 0.1) is 11.6 Å². The van der Waals surface area contributed by atoms with Crippen molar-refractivity contribution in [1.29, 1.82) is 0 Å². The Morgan fingerprint density at radius 1 is 1.05 bits per heavy atom. The van der Waals surface area contributed by atoms with Crippen molar-refractivity contribution in [3.63, 3.8) is 0 Å². The van der Waals surface area contributed by atoms with Crippen LogP contribution in [-0.4, -0.2) is 60.4 Å². The summed E-state index contributed by atoms with van der Waals surface area (Å²) in [7, 11) is 0. The third-order valence-corrected chi connectivity index (χ3v) is 3.08. The minimum atomic E-state index is -1.86. The van der Waals surface area contributed by atoms with E-state index in [9.17, 15) is 29.2 Å². The molecule has 7 nitrogen and oxygen atoms in total. The summed E-state index contributed by atoms with van der Waals surface area (Å²) in [5.74, 6) is -2.47. The van der Waals surface area contributed by atoms with Gasteiger partial charge in [0.15, 0.2) is 11.6 Å². The van der Waals surface area contributed by atoms with E-state index in [1.165, 1.54) is 0 Å². The quantitative estimate of drug-likeness (QED) is 0.418. The third kappa shape index (κ3) is 3.01. The lowest BCUT2D eigenvalue weighted by atomic mass is 10.0. The van der Waals surface area contributed by atoms with Crippen molar-refractivity contribution < 1.29 is 34.3 Å². The van der Waals surface area contributed by atoms with Crippen molar-refractivity contribution in [2.45, 2.75) is 24.4 Å². The van der Waals surface area contributed by atoms with E-state index in [0.717, 1.165) is 12.1 Å². The summed E-state index contributed by atoms with van der Waals surface area (Å²) in [6, 6.07) is 1.64. The Morgan fingerprint density at radius 2 is 1.67 bits per heavy atom. The summed E-state index contributed by atoms with van der Waals surface area (Å²) in [6.45, 7) is -0.818. The number of aromatic nitrogens is 2. The van der Waals surface area contributed by atoms with Gasteiger partial charge in [-0.15, -0.1) is 0 Å². The molecular weight excluding hydrogens is 290 g/mol. The maximum atomic E-state index is 13.1. The van der Waals surface area contributed by atoms with Gasteiger partial charge in [-0.25, -0.2) is 13.8 Å². The number of hydrogen-bond donors (Lipinski definition) is 6. The van der Waals surface area contributed by atoms with E-state index in [0.29, 0.717) is 0 Å². The number of aliphatic hydroxyl groups is 5. The second kappa shape index (κ2) is 6.00. The number of rotatable bonds is 5. The number of benzene rings is 1. The predicted octanol–water partition coefficient (Wildman–Crippen LogP) is -1.05. The highest BCUT2D eigenvalue weighted by Crippen LogP contribution is 2.22. The van der Waals surface area contributed by atoms with Crippen LogP contribution in [0.4, 0.5) is 8.78 Å². The fourth-order valence-electron chi connectivity index (χ4n) is 1.85. The normalized spacial score (nSPS) is 17.7. The van der Waals surface area contributed by atoms with Crippen molar-refractivity contribution in [1.82, 2.24) is 9.97 Å². The Hall–Kier alpha value is -1.65. The Labute approximate surface area is 117 Å². The first kappa shape index (κ1) is 15.7. The van der Waals surface area contributed by atoms with Crippen LogP contribution in [0.1, 0.15) is 11.9 Å². The Kier molecular flexibility index (Phi) is 4.49. The zero-order valence-electron chi connectivity index (χ0n) is 10.6. The average molecular weight is 304 g/mol. The number of fused-ring (bicyclic) bond motifs is 1. The number of aromatic amines is 1. The van der Waals surface area contributed by atoms with Gasteiger partial charge in [0.05, 0.1) is 17.6 Å². The molecule has 4 atom stereocenters. The van der Waals surface area contributed by atoms with E-state index in [1.807, 2.05) is 0 Å². The van der Waals surface area contributed by atoms with Crippen molar-refractivity contribution in [3.05, 3.63) is 29.6 Å². The maximum Gasteiger partial charge on any atom is 0.161 e. The number of H-pyrrole nitrogens is 1. The molecule has 0 radical (unpaired) electrons. The molecule has 0 amide bonds. The smallest absolute Gasteiger partial charge is 0.161 e. The van der Waals surface area contributed by atoms with Crippen LogP contribution in [-0.2, 0) is 0 Å². The van der Waals surface area contributed by atoms with E-state index < -0.39 is 42.7 Å². The van der Waals surface area contributed by atoms with Gasteiger partial charge in [-0.1, -0.05) is 0 Å². The van der Waals surface area contributed by atoms with Crippen molar-refractivity contribution >= 4 is 11.0 Å². The molecule has 9 heteroatoms. The topological polar surface area (TPSA) is 130 Å². The highest BCUT2D eigenvalue weighted by Gasteiger charge is 2.32. The molecule has 0 spiro atoms. The number of halogens is 2. The Balaban J connectivity index is 2.28. The molecule has 1 heterocycles. The van der Waals surface area contributed by atoms with Crippen molar-refractivity contribution in [2.75, 3.05) is 6.61 Å². The molecule has 116 valence electrons. The highest BCUT2D eigenvalue weighted by atomic mass is 19.2. The minimum Gasteiger partial charge on any atom is -0.394 e. The lowest BCUT2D eigenvalue weighted by Gasteiger charge is -2.24. The lowest BCUT2D eigenvalue weighted by molar-refractivity contribution is -0.117. The molecule has 2 rings (SSSR count). The van der Waals surface area contributed by atoms with Crippen LogP contribution >= 0.6 is 0 Å². The van der Waals surface area contributed by atoms with Crippen LogP contribution in [0.2, 0.25) is 0 Å². The largest absolute Gasteiger partial charge is 0.394 e. The van der Waals surface area contributed by atoms with Gasteiger partial charge in [-0.3, -0.25) is 0 Å². The van der Waals surface area contributed by atoms with Crippen molar-refractivity contribution in [3.8, 4) is 0 Å². The fourth-order valence-corrected chi connectivity index (χ4v) is 1.85. The van der Waals surface area contributed by atoms with Gasteiger partial charge in [-0.2, -0.15) is 0 Å². The zero-order chi connectivity index (χ0) is 15.7. The molecule has 21 heavy (non-hydrogen) atoms. The minimum absolute atomic E-state index is 0.0207. The first-order chi connectivity index (χ1) is 9.85. The maximum absolute atomic E-state index is 13.1. The second-order valence-electron chi connectivity index (χ2n) is 4.58. The van der Waals surface area contributed by atoms with E-state index in [-0.39, 0.29) is 16.9 Å². The van der Waals surface area contributed by atoms with Crippen LogP contribution in [0.3, 0.4) is 0 Å². The molecule has 0 aliphatic heterocycles. The van der Waals surface area contributed by atoms with E-state index in [2.05, 4.69) is 9.97 Å². The zero-order valence-corrected chi connectivity index (χ0v) is 10.6. The van der Waals surface area contributed by atoms with Crippen LogP contribution in [0.25, 0.3) is 11.0 Å². The van der Waals surface area contributed by atoms with Gasteiger partial charge in [-0.05, 0) is 0 Å². The van der Waals surface area contributed by atoms with Crippen LogP contribution in [0.5, 0.6) is 0 Å². The Morgan fingerprint density at radius 3 is 2.29 bits per heavy atom. The molecule has 0 saturated heterocycles. The van der Waals surface area contributed by atoms with Crippen molar-refractivity contribution in [2.24, 2.45) is 0 Å². The SMILES string of the molecule is OCC(O)C(O)C(O)[C@@H](O)c1nc2cc(F)c(F)cc2[nH]1. The van der Waals surface area contributed by atoms with Gasteiger partial charge >= 0.3 is 0 Å². The summed E-state index contributed by atoms with van der Waals surface area (Å²) >= 11 is 0. The molecule has 3 unspecified atom stereocenters. The number of hydrogen-bond acceptors (Lipinski definition) is 6. The first-order valence-electron chi connectivity index (χ1n) is 6.03. The fraction of sp³-hybridized carbons (Fsp3) is 0.417. The molecule has 0 aliphatic rings. The van der Waals surface area contributed by atoms with E-state index in [4.69, 9.17) is 5.11 Å². The van der Waals surface area contributed by atoms with Crippen LogP contribution < -0.4 is 0 Å². The molecule has 0 fully saturated rings. The summed E-state index contributed by atoms with van der Waals surface area (Å²) in [5, 5.41) is 46.9. The number of aliphatic hydroxyl groups excluding tert-OH is 5. The average Bonchev–Trinajstić information content (AvgIpc) is 2.87. The first-order valence-corrected chi connectivity index (χ1v) is 6.03. The number of nitrogens with zero attached hydrogens (tertiary/aromatic N) is 1. The monoisotopic (exact) mass is 304 g/mol. The molecule has 1 aromatic heterocycles. The second-order valence-corrected chi connectivity index (χ2v) is 4.58. The van der Waals surface area contributed by atoms with Gasteiger partial charge in [0, 0.05) is 12.1 Å². The third-order valence-electron chi connectivity index (χ3n) is 3.08. The molecule has 0 bridgehead atoms. The summed E-state index contributed by atoms with van der Waals surface area (Å²) < 4.78 is 26.1. The number of nitrogens with one attached hydrogen (secondary N) is 1. The summed E-state index contributed by atoms with van der Waals surface area (Å²) in [4.78, 5) is 6.25. The molecule has 1 aromatic carbocycles. The summed E-state index contributed by atoms with van der Waals surface area (Å²) in [6.07, 6.45) is -7.09. The lowest BCUT2D eigenvalue weighted by Crippen LogP contribution is -2.42. The van der Waals surface area contributed by atoms with Gasteiger partial charge < -0.3 is 30.5 Å². The van der Waals surface area contributed by atoms with E-state index in [1.54, 1.807) is 0 Å². The summed E-state index contributed by atoms with van der Waals surface area (Å²) in [5.41, 5.74) is 0.111. The van der Waals surface area contributed by atoms with Gasteiger partial charge in [0.25, 0.3) is 0 Å². The number of imidazole rings is 1. The standard InChI is InChI=1S/C12H14F2N2O5/c13-4-1-6-7(2-5(4)14)16-12(15-6)11(21)10(20)9(19)8(18)3-17/h1-2,8-11,17-21H,3H2,(H,15,16)/t8?,9?,10?,11-/m1/s1. The van der Waals surface area contributed by atoms with Gasteiger partial charge in [0.1, 0.15) is 30.2 Å². The Bertz CT molecular complexity index is 596. The molecule has 6 N–H and O–H groups in total. The van der Waals surface area contributed by atoms with Gasteiger partial charge in [0.2, 0.25) is 0 Å². The molecule has 0 aliphatic carbocycles. The highest BCUT2D eigenvalue weighted by molar-refractivity contribution is 5.75. The predicted molar refractivity (Wildman–Crippen MR) is 66.1 cm³/mol. The molecular formula is C12H14F2N2O5. The molecule has 0 saturated carbocycles.